The molecule has 0 fully saturated rings. The minimum absolute atomic E-state index is 0.104. The summed E-state index contributed by atoms with van der Waals surface area (Å²) >= 11 is 1.61. The summed E-state index contributed by atoms with van der Waals surface area (Å²) in [4.78, 5) is 11.2. The van der Waals surface area contributed by atoms with E-state index in [1.54, 1.807) is 29.5 Å². The molecule has 5 heteroatoms. The van der Waals surface area contributed by atoms with E-state index in [-0.39, 0.29) is 21.3 Å². The van der Waals surface area contributed by atoms with E-state index in [1.807, 2.05) is 0 Å². The van der Waals surface area contributed by atoms with Crippen LogP contribution in [0.1, 0.15) is 29.3 Å². The lowest BCUT2D eigenvalue weighted by Gasteiger charge is -2.10. The molecule has 0 aromatic heterocycles. The quantitative estimate of drug-likeness (QED) is 0.594. The van der Waals surface area contributed by atoms with E-state index in [9.17, 15) is 18.0 Å². The van der Waals surface area contributed by atoms with Crippen molar-refractivity contribution in [3.63, 3.8) is 0 Å². The van der Waals surface area contributed by atoms with Gasteiger partial charge in [0.2, 0.25) is 0 Å². The molecule has 1 rings (SSSR count). The van der Waals surface area contributed by atoms with E-state index in [0.717, 1.165) is 6.07 Å². The fraction of sp³-hybridized carbons (Fsp3) is 0.300. The number of rotatable bonds is 2. The normalized spacial score (nSPS) is 11.5. The zero-order chi connectivity index (χ0) is 11.6. The maximum atomic E-state index is 12.5. The van der Waals surface area contributed by atoms with Crippen LogP contribution < -0.4 is 0 Å². The Morgan fingerprint density at radius 1 is 1.40 bits per heavy atom. The number of hydrogen-bond acceptors (Lipinski definition) is 1. The van der Waals surface area contributed by atoms with Crippen LogP contribution >= 0.6 is 22.6 Å². The van der Waals surface area contributed by atoms with E-state index in [2.05, 4.69) is 0 Å². The van der Waals surface area contributed by atoms with Gasteiger partial charge >= 0.3 is 6.18 Å². The highest BCUT2D eigenvalue weighted by atomic mass is 127. The van der Waals surface area contributed by atoms with Crippen LogP contribution in [0.3, 0.4) is 0 Å². The summed E-state index contributed by atoms with van der Waals surface area (Å²) in [6.07, 6.45) is -4.20. The number of carbonyl (C=O) groups excluding carboxylic acids is 1. The summed E-state index contributed by atoms with van der Waals surface area (Å²) < 4.78 is 37.5. The Kier molecular flexibility index (Phi) is 3.75. The van der Waals surface area contributed by atoms with Gasteiger partial charge in [-0.1, -0.05) is 13.0 Å². The van der Waals surface area contributed by atoms with E-state index in [4.69, 9.17) is 0 Å². The first-order chi connectivity index (χ1) is 6.86. The van der Waals surface area contributed by atoms with Crippen molar-refractivity contribution in [1.82, 2.24) is 0 Å². The predicted molar refractivity (Wildman–Crippen MR) is 58.8 cm³/mol. The molecule has 0 amide bonds. The molecule has 0 heterocycles. The smallest absolute Gasteiger partial charge is 0.294 e. The Morgan fingerprint density at radius 3 is 2.47 bits per heavy atom. The molecule has 0 N–H and O–H groups in total. The first-order valence-electron chi connectivity index (χ1n) is 4.26. The Labute approximate surface area is 98.8 Å². The van der Waals surface area contributed by atoms with Crippen LogP contribution in [0.5, 0.6) is 0 Å². The average Bonchev–Trinajstić information content (AvgIpc) is 2.15. The summed E-state index contributed by atoms with van der Waals surface area (Å²) in [7, 11) is 0. The number of benzene rings is 1. The number of hydrogen-bond donors (Lipinski definition) is 0. The van der Waals surface area contributed by atoms with Crippen LogP contribution in [-0.2, 0) is 6.18 Å². The van der Waals surface area contributed by atoms with E-state index in [0.29, 0.717) is 0 Å². The van der Waals surface area contributed by atoms with Crippen molar-refractivity contribution in [2.45, 2.75) is 19.5 Å². The molecule has 1 nitrogen and oxygen atoms in total. The minimum atomic E-state index is -4.40. The second kappa shape index (κ2) is 4.51. The van der Waals surface area contributed by atoms with Gasteiger partial charge < -0.3 is 0 Å². The van der Waals surface area contributed by atoms with Crippen molar-refractivity contribution in [2.24, 2.45) is 0 Å². The molecule has 0 radical (unpaired) electrons. The van der Waals surface area contributed by atoms with Crippen molar-refractivity contribution >= 4 is 28.4 Å². The number of alkyl halides is 3. The Bertz CT molecular complexity index is 385. The van der Waals surface area contributed by atoms with Gasteiger partial charge in [0.05, 0.1) is 5.56 Å². The van der Waals surface area contributed by atoms with E-state index >= 15 is 0 Å². The molecular formula is C10H8F3IO. The lowest BCUT2D eigenvalue weighted by Crippen LogP contribution is -2.09. The predicted octanol–water partition coefficient (Wildman–Crippen LogP) is 3.90. The highest BCUT2D eigenvalue weighted by Crippen LogP contribution is 2.33. The SMILES string of the molecule is CCC(=O)c1ccc(I)c(C(F)(F)F)c1. The summed E-state index contributed by atoms with van der Waals surface area (Å²) in [6.45, 7) is 1.62. The van der Waals surface area contributed by atoms with Gasteiger partial charge in [-0.2, -0.15) is 13.2 Å². The largest absolute Gasteiger partial charge is 0.417 e. The third kappa shape index (κ3) is 2.93. The molecule has 0 aliphatic carbocycles. The van der Waals surface area contributed by atoms with Gasteiger partial charge in [0, 0.05) is 15.6 Å². The number of ketones is 1. The summed E-state index contributed by atoms with van der Waals surface area (Å²) in [5.41, 5.74) is -0.632. The van der Waals surface area contributed by atoms with Gasteiger partial charge in [0.15, 0.2) is 5.78 Å². The molecule has 1 aromatic rings. The van der Waals surface area contributed by atoms with E-state index in [1.165, 1.54) is 12.1 Å². The fourth-order valence-electron chi connectivity index (χ4n) is 1.12. The maximum Gasteiger partial charge on any atom is 0.417 e. The van der Waals surface area contributed by atoms with Crippen molar-refractivity contribution in [1.29, 1.82) is 0 Å². The molecule has 0 unspecified atom stereocenters. The highest BCUT2D eigenvalue weighted by Gasteiger charge is 2.33. The molecular weight excluding hydrogens is 320 g/mol. The standard InChI is InChI=1S/C10H8F3IO/c1-2-9(15)6-3-4-8(14)7(5-6)10(11,12)13/h3-5H,2H2,1H3. The molecule has 0 atom stereocenters. The molecule has 0 aliphatic heterocycles. The molecule has 0 spiro atoms. The number of Topliss-reactive ketones (excluding diaryl/α,β-unsaturated/α-hetero) is 1. The van der Waals surface area contributed by atoms with Crippen LogP contribution in [0.25, 0.3) is 0 Å². The molecule has 1 aromatic carbocycles. The zero-order valence-corrected chi connectivity index (χ0v) is 10.0. The average molecular weight is 328 g/mol. The van der Waals surface area contributed by atoms with Gasteiger partial charge in [-0.05, 0) is 34.7 Å². The number of carbonyl (C=O) groups is 1. The molecule has 0 bridgehead atoms. The Morgan fingerprint density at radius 2 is 2.00 bits per heavy atom. The molecule has 0 aliphatic rings. The van der Waals surface area contributed by atoms with Crippen LogP contribution in [-0.4, -0.2) is 5.78 Å². The van der Waals surface area contributed by atoms with Crippen LogP contribution in [0, 0.1) is 3.57 Å². The molecule has 0 saturated carbocycles. The highest BCUT2D eigenvalue weighted by molar-refractivity contribution is 14.1. The van der Waals surface area contributed by atoms with Crippen molar-refractivity contribution in [3.05, 3.63) is 32.9 Å². The van der Waals surface area contributed by atoms with Gasteiger partial charge in [0.25, 0.3) is 0 Å². The van der Waals surface area contributed by atoms with Crippen molar-refractivity contribution in [2.75, 3.05) is 0 Å². The molecule has 82 valence electrons. The second-order valence-corrected chi connectivity index (χ2v) is 4.13. The topological polar surface area (TPSA) is 17.1 Å². The lowest BCUT2D eigenvalue weighted by molar-refractivity contribution is -0.138. The monoisotopic (exact) mass is 328 g/mol. The summed E-state index contributed by atoms with van der Waals surface area (Å²) in [5.74, 6) is -0.281. The Hall–Kier alpha value is -0.590. The third-order valence-corrected chi connectivity index (χ3v) is 2.86. The minimum Gasteiger partial charge on any atom is -0.294 e. The first-order valence-corrected chi connectivity index (χ1v) is 5.34. The van der Waals surface area contributed by atoms with Gasteiger partial charge in [0.1, 0.15) is 0 Å². The van der Waals surface area contributed by atoms with Crippen LogP contribution in [0.4, 0.5) is 13.2 Å². The Balaban J connectivity index is 3.23. The van der Waals surface area contributed by atoms with Gasteiger partial charge in [-0.25, -0.2) is 0 Å². The summed E-state index contributed by atoms with van der Waals surface area (Å²) in [6, 6.07) is 3.64. The summed E-state index contributed by atoms with van der Waals surface area (Å²) in [5, 5.41) is 0. The van der Waals surface area contributed by atoms with E-state index < -0.39 is 11.7 Å². The van der Waals surface area contributed by atoms with Crippen molar-refractivity contribution < 1.29 is 18.0 Å². The van der Waals surface area contributed by atoms with Gasteiger partial charge in [-0.15, -0.1) is 0 Å². The third-order valence-electron chi connectivity index (χ3n) is 1.91. The van der Waals surface area contributed by atoms with Crippen molar-refractivity contribution in [3.8, 4) is 0 Å². The number of halogens is 4. The molecule has 15 heavy (non-hydrogen) atoms. The second-order valence-electron chi connectivity index (χ2n) is 2.97. The zero-order valence-electron chi connectivity index (χ0n) is 7.86. The lowest BCUT2D eigenvalue weighted by atomic mass is 10.1. The van der Waals surface area contributed by atoms with Gasteiger partial charge in [-0.3, -0.25) is 4.79 Å². The fourth-order valence-corrected chi connectivity index (χ4v) is 1.76. The first kappa shape index (κ1) is 12.5. The van der Waals surface area contributed by atoms with Crippen LogP contribution in [0.2, 0.25) is 0 Å². The maximum absolute atomic E-state index is 12.5. The molecule has 0 saturated heterocycles. The van der Waals surface area contributed by atoms with Crippen LogP contribution in [0.15, 0.2) is 18.2 Å².